The van der Waals surface area contributed by atoms with Crippen molar-refractivity contribution in [2.75, 3.05) is 13.2 Å². The molecule has 1 rings (SSSR count). The third-order valence-electron chi connectivity index (χ3n) is 5.47. The maximum absolute atomic E-state index is 11.7. The Hall–Kier alpha value is -0.690. The van der Waals surface area contributed by atoms with Crippen LogP contribution in [-0.4, -0.2) is 58.9 Å². The lowest BCUT2D eigenvalue weighted by Gasteiger charge is -2.20. The van der Waals surface area contributed by atoms with Crippen LogP contribution in [0.4, 0.5) is 0 Å². The predicted molar refractivity (Wildman–Crippen MR) is 109 cm³/mol. The van der Waals surface area contributed by atoms with Crippen LogP contribution in [0.1, 0.15) is 96.8 Å². The smallest absolute Gasteiger partial charge is 0.305 e. The maximum atomic E-state index is 11.7. The zero-order chi connectivity index (χ0) is 20.6. The van der Waals surface area contributed by atoms with E-state index in [4.69, 9.17) is 9.47 Å². The average molecular weight is 403 g/mol. The maximum Gasteiger partial charge on any atom is 0.305 e. The molecule has 0 bridgehead atoms. The number of aliphatic hydroxyl groups is 3. The lowest BCUT2D eigenvalue weighted by molar-refractivity contribution is -0.151. The molecule has 6 nitrogen and oxygen atoms in total. The Labute approximate surface area is 170 Å². The Morgan fingerprint density at radius 2 is 1.43 bits per heavy atom. The van der Waals surface area contributed by atoms with Gasteiger partial charge in [-0.05, 0) is 6.42 Å². The molecule has 1 aliphatic heterocycles. The molecule has 0 aliphatic carbocycles. The van der Waals surface area contributed by atoms with E-state index in [1.165, 1.54) is 64.2 Å². The van der Waals surface area contributed by atoms with E-state index in [2.05, 4.69) is 6.92 Å². The van der Waals surface area contributed by atoms with Gasteiger partial charge in [0.25, 0.3) is 0 Å². The second-order valence-electron chi connectivity index (χ2n) is 8.10. The summed E-state index contributed by atoms with van der Waals surface area (Å²) < 4.78 is 10.2. The van der Waals surface area contributed by atoms with Crippen molar-refractivity contribution in [3.8, 4) is 0 Å². The predicted octanol–water partition coefficient (Wildman–Crippen LogP) is 3.49. The molecule has 0 saturated carbocycles. The van der Waals surface area contributed by atoms with E-state index >= 15 is 0 Å². The third-order valence-corrected chi connectivity index (χ3v) is 5.47. The SMILES string of the molecule is CCCCCCCCCCCCCCCC(=O)OC[C@@H](O)C1OC[C@H](O)[C@H]1O. The Morgan fingerprint density at radius 1 is 0.929 bits per heavy atom. The zero-order valence-electron chi connectivity index (χ0n) is 17.7. The van der Waals surface area contributed by atoms with Crippen LogP contribution in [-0.2, 0) is 14.3 Å². The molecule has 0 aromatic carbocycles. The lowest BCUT2D eigenvalue weighted by atomic mass is 10.0. The van der Waals surface area contributed by atoms with Crippen molar-refractivity contribution in [2.45, 2.75) is 121 Å². The first kappa shape index (κ1) is 25.3. The highest BCUT2D eigenvalue weighted by Gasteiger charge is 2.39. The van der Waals surface area contributed by atoms with Gasteiger partial charge in [0.1, 0.15) is 31.0 Å². The van der Waals surface area contributed by atoms with Crippen LogP contribution in [0.25, 0.3) is 0 Å². The van der Waals surface area contributed by atoms with Crippen molar-refractivity contribution < 1.29 is 29.6 Å². The number of hydrogen-bond acceptors (Lipinski definition) is 6. The van der Waals surface area contributed by atoms with Gasteiger partial charge in [-0.2, -0.15) is 0 Å². The van der Waals surface area contributed by atoms with Crippen molar-refractivity contribution in [1.29, 1.82) is 0 Å². The van der Waals surface area contributed by atoms with E-state index in [9.17, 15) is 20.1 Å². The second kappa shape index (κ2) is 16.1. The van der Waals surface area contributed by atoms with Gasteiger partial charge in [-0.3, -0.25) is 4.79 Å². The van der Waals surface area contributed by atoms with E-state index in [0.29, 0.717) is 6.42 Å². The highest BCUT2D eigenvalue weighted by atomic mass is 16.6. The number of unbranched alkanes of at least 4 members (excludes halogenated alkanes) is 12. The fraction of sp³-hybridized carbons (Fsp3) is 0.955. The first-order chi connectivity index (χ1) is 13.6. The van der Waals surface area contributed by atoms with E-state index in [1.54, 1.807) is 0 Å². The van der Waals surface area contributed by atoms with E-state index in [-0.39, 0.29) is 19.2 Å². The Morgan fingerprint density at radius 3 is 1.89 bits per heavy atom. The van der Waals surface area contributed by atoms with Crippen molar-refractivity contribution in [3.63, 3.8) is 0 Å². The summed E-state index contributed by atoms with van der Waals surface area (Å²) in [5, 5.41) is 28.9. The molecular weight excluding hydrogens is 360 g/mol. The summed E-state index contributed by atoms with van der Waals surface area (Å²) in [5.74, 6) is -0.338. The Kier molecular flexibility index (Phi) is 14.6. The van der Waals surface area contributed by atoms with Crippen molar-refractivity contribution in [3.05, 3.63) is 0 Å². The van der Waals surface area contributed by atoms with Crippen molar-refractivity contribution >= 4 is 5.97 Å². The first-order valence-corrected chi connectivity index (χ1v) is 11.4. The minimum Gasteiger partial charge on any atom is -0.463 e. The molecule has 3 N–H and O–H groups in total. The summed E-state index contributed by atoms with van der Waals surface area (Å²) in [4.78, 5) is 11.7. The number of carbonyl (C=O) groups excluding carboxylic acids is 1. The van der Waals surface area contributed by atoms with Gasteiger partial charge >= 0.3 is 5.97 Å². The van der Waals surface area contributed by atoms with Gasteiger partial charge in [0.15, 0.2) is 0 Å². The van der Waals surface area contributed by atoms with Crippen LogP contribution < -0.4 is 0 Å². The summed E-state index contributed by atoms with van der Waals surface area (Å²) in [6, 6.07) is 0. The molecule has 1 aliphatic rings. The molecule has 1 saturated heterocycles. The monoisotopic (exact) mass is 402 g/mol. The number of rotatable bonds is 17. The quantitative estimate of drug-likeness (QED) is 0.255. The molecule has 0 radical (unpaired) electrons. The van der Waals surface area contributed by atoms with E-state index in [0.717, 1.165) is 19.3 Å². The molecule has 0 amide bonds. The molecule has 0 spiro atoms. The molecular formula is C22H42O6. The van der Waals surface area contributed by atoms with Crippen LogP contribution >= 0.6 is 0 Å². The molecule has 6 heteroatoms. The van der Waals surface area contributed by atoms with Gasteiger partial charge in [0, 0.05) is 6.42 Å². The fourth-order valence-corrected chi connectivity index (χ4v) is 3.60. The van der Waals surface area contributed by atoms with Crippen molar-refractivity contribution in [2.24, 2.45) is 0 Å². The van der Waals surface area contributed by atoms with Crippen LogP contribution in [0, 0.1) is 0 Å². The van der Waals surface area contributed by atoms with Gasteiger partial charge in [-0.25, -0.2) is 0 Å². The summed E-state index contributed by atoms with van der Waals surface area (Å²) in [6.45, 7) is 2.01. The summed E-state index contributed by atoms with van der Waals surface area (Å²) in [5.41, 5.74) is 0. The Balaban J connectivity index is 1.86. The molecule has 4 atom stereocenters. The average Bonchev–Trinajstić information content (AvgIpc) is 3.02. The molecule has 1 unspecified atom stereocenters. The number of esters is 1. The second-order valence-corrected chi connectivity index (χ2v) is 8.10. The van der Waals surface area contributed by atoms with Crippen LogP contribution in [0.5, 0.6) is 0 Å². The number of hydrogen-bond donors (Lipinski definition) is 3. The molecule has 1 heterocycles. The highest BCUT2D eigenvalue weighted by molar-refractivity contribution is 5.69. The first-order valence-electron chi connectivity index (χ1n) is 11.4. The van der Waals surface area contributed by atoms with Crippen LogP contribution in [0.15, 0.2) is 0 Å². The largest absolute Gasteiger partial charge is 0.463 e. The number of ether oxygens (including phenoxy) is 2. The molecule has 1 fully saturated rings. The van der Waals surface area contributed by atoms with Gasteiger partial charge in [-0.1, -0.05) is 84.0 Å². The molecule has 0 aromatic heterocycles. The van der Waals surface area contributed by atoms with Crippen LogP contribution in [0.3, 0.4) is 0 Å². The molecule has 0 aromatic rings. The summed E-state index contributed by atoms with van der Waals surface area (Å²) >= 11 is 0. The lowest BCUT2D eigenvalue weighted by Crippen LogP contribution is -2.41. The molecule has 166 valence electrons. The van der Waals surface area contributed by atoms with Crippen LogP contribution in [0.2, 0.25) is 0 Å². The summed E-state index contributed by atoms with van der Waals surface area (Å²) in [7, 11) is 0. The standard InChI is InChI=1S/C22H42O6/c1-2-3-4-5-6-7-8-9-10-11-12-13-14-15-20(25)27-17-19(24)22-21(26)18(23)16-28-22/h18-19,21-24,26H,2-17H2,1H3/t18-,19+,21+,22?/m0/s1. The topological polar surface area (TPSA) is 96.2 Å². The van der Waals surface area contributed by atoms with E-state index in [1.807, 2.05) is 0 Å². The molecule has 28 heavy (non-hydrogen) atoms. The minimum atomic E-state index is -1.14. The van der Waals surface area contributed by atoms with Gasteiger partial charge < -0.3 is 24.8 Å². The van der Waals surface area contributed by atoms with Crippen molar-refractivity contribution in [1.82, 2.24) is 0 Å². The minimum absolute atomic E-state index is 0.0181. The number of carbonyl (C=O) groups is 1. The highest BCUT2D eigenvalue weighted by Crippen LogP contribution is 2.18. The number of aliphatic hydroxyl groups excluding tert-OH is 3. The third kappa shape index (κ3) is 11.3. The van der Waals surface area contributed by atoms with E-state index < -0.39 is 24.4 Å². The van der Waals surface area contributed by atoms with Gasteiger partial charge in [-0.15, -0.1) is 0 Å². The zero-order valence-corrected chi connectivity index (χ0v) is 17.7. The summed E-state index contributed by atoms with van der Waals surface area (Å²) in [6.07, 6.45) is 12.5. The van der Waals surface area contributed by atoms with Gasteiger partial charge in [0.05, 0.1) is 6.61 Å². The normalized spacial score (nSPS) is 23.1. The Bertz CT molecular complexity index is 389. The van der Waals surface area contributed by atoms with Gasteiger partial charge in [0.2, 0.25) is 0 Å². The fourth-order valence-electron chi connectivity index (χ4n) is 3.60.